The van der Waals surface area contributed by atoms with Gasteiger partial charge in [0, 0.05) is 40.8 Å². The van der Waals surface area contributed by atoms with Crippen LogP contribution in [-0.4, -0.2) is 21.1 Å². The topological polar surface area (TPSA) is 54.9 Å². The summed E-state index contributed by atoms with van der Waals surface area (Å²) in [4.78, 5) is 22.0. The first-order chi connectivity index (χ1) is 13.1. The van der Waals surface area contributed by atoms with Crippen molar-refractivity contribution in [3.8, 4) is 11.3 Å². The highest BCUT2D eigenvalue weighted by Gasteiger charge is 2.06. The predicted octanol–water partition coefficient (Wildman–Crippen LogP) is 4.50. The summed E-state index contributed by atoms with van der Waals surface area (Å²) in [5.74, 6) is 0.0130. The molecule has 138 valence electrons. The second-order valence-electron chi connectivity index (χ2n) is 6.56. The van der Waals surface area contributed by atoms with E-state index in [0.29, 0.717) is 18.2 Å². The zero-order valence-electron chi connectivity index (χ0n) is 15.6. The van der Waals surface area contributed by atoms with Crippen LogP contribution in [0.2, 0.25) is 0 Å². The molecule has 0 aliphatic heterocycles. The van der Waals surface area contributed by atoms with E-state index in [1.165, 1.54) is 4.90 Å². The number of nitrogens with one attached hydrogen (secondary N) is 1. The molecule has 0 aliphatic rings. The fraction of sp³-hybridized carbons (Fsp3) is 0.227. The van der Waals surface area contributed by atoms with Crippen molar-refractivity contribution >= 4 is 17.7 Å². The first-order valence-corrected chi connectivity index (χ1v) is 9.86. The Bertz CT molecular complexity index is 880. The van der Waals surface area contributed by atoms with Crippen molar-refractivity contribution in [3.63, 3.8) is 0 Å². The molecule has 0 spiro atoms. The molecule has 0 bridgehead atoms. The van der Waals surface area contributed by atoms with Gasteiger partial charge in [0.05, 0.1) is 12.1 Å². The fourth-order valence-corrected chi connectivity index (χ4v) is 3.50. The number of carbonyl (C=O) groups excluding carboxylic acids is 1. The van der Waals surface area contributed by atoms with Crippen LogP contribution in [0.25, 0.3) is 11.3 Å². The molecule has 4 nitrogen and oxygen atoms in total. The Labute approximate surface area is 164 Å². The third kappa shape index (κ3) is 5.93. The number of hydrogen-bond donors (Lipinski definition) is 1. The summed E-state index contributed by atoms with van der Waals surface area (Å²) >= 11 is 1.82. The number of rotatable bonds is 7. The van der Waals surface area contributed by atoms with Gasteiger partial charge >= 0.3 is 0 Å². The summed E-state index contributed by atoms with van der Waals surface area (Å²) in [5.41, 5.74) is 3.85. The van der Waals surface area contributed by atoms with Gasteiger partial charge in [-0.05, 0) is 47.5 Å². The number of nitrogens with zero attached hydrogens (tertiary/aromatic N) is 2. The molecule has 0 fully saturated rings. The summed E-state index contributed by atoms with van der Waals surface area (Å²) in [6.07, 6.45) is 5.66. The highest BCUT2D eigenvalue weighted by molar-refractivity contribution is 7.99. The zero-order chi connectivity index (χ0) is 19.1. The van der Waals surface area contributed by atoms with Crippen molar-refractivity contribution in [1.29, 1.82) is 0 Å². The van der Waals surface area contributed by atoms with Gasteiger partial charge in [0.2, 0.25) is 5.91 Å². The van der Waals surface area contributed by atoms with Crippen LogP contribution >= 0.6 is 11.8 Å². The van der Waals surface area contributed by atoms with E-state index in [0.717, 1.165) is 22.4 Å². The number of pyridine rings is 2. The lowest BCUT2D eigenvalue weighted by molar-refractivity contribution is -0.120. The number of aromatic nitrogens is 2. The van der Waals surface area contributed by atoms with Gasteiger partial charge in [0.1, 0.15) is 0 Å². The number of benzene rings is 1. The molecule has 1 N–H and O–H groups in total. The molecule has 0 aliphatic carbocycles. The van der Waals surface area contributed by atoms with Crippen molar-refractivity contribution in [2.24, 2.45) is 0 Å². The van der Waals surface area contributed by atoms with Crippen molar-refractivity contribution in [2.45, 2.75) is 37.0 Å². The lowest BCUT2D eigenvalue weighted by Crippen LogP contribution is -2.24. The molecule has 1 aromatic carbocycles. The molecule has 2 heterocycles. The van der Waals surface area contributed by atoms with Crippen molar-refractivity contribution in [3.05, 3.63) is 78.2 Å². The molecule has 27 heavy (non-hydrogen) atoms. The molecule has 0 unspecified atom stereocenters. The van der Waals surface area contributed by atoms with Crippen LogP contribution in [0.1, 0.15) is 25.0 Å². The average Bonchev–Trinajstić information content (AvgIpc) is 2.68. The molecule has 0 atom stereocenters. The van der Waals surface area contributed by atoms with Gasteiger partial charge in [-0.2, -0.15) is 0 Å². The Morgan fingerprint density at radius 2 is 1.89 bits per heavy atom. The molecule has 0 saturated heterocycles. The van der Waals surface area contributed by atoms with Crippen molar-refractivity contribution in [1.82, 2.24) is 15.3 Å². The molecule has 1 amide bonds. The smallest absolute Gasteiger partial charge is 0.224 e. The number of hydrogen-bond acceptors (Lipinski definition) is 4. The van der Waals surface area contributed by atoms with Crippen LogP contribution in [0, 0.1) is 0 Å². The Balaban J connectivity index is 1.55. The number of thioether (sulfide) groups is 1. The van der Waals surface area contributed by atoms with Gasteiger partial charge in [-0.15, -0.1) is 11.8 Å². The summed E-state index contributed by atoms with van der Waals surface area (Å²) in [6, 6.07) is 16.0. The Hall–Kier alpha value is -2.66. The average molecular weight is 378 g/mol. The van der Waals surface area contributed by atoms with Crippen molar-refractivity contribution < 1.29 is 4.79 Å². The first kappa shape index (κ1) is 19.1. The third-order valence-electron chi connectivity index (χ3n) is 3.93. The van der Waals surface area contributed by atoms with Crippen LogP contribution in [0.4, 0.5) is 0 Å². The fourth-order valence-electron chi connectivity index (χ4n) is 2.66. The van der Waals surface area contributed by atoms with Crippen LogP contribution in [0.5, 0.6) is 0 Å². The van der Waals surface area contributed by atoms with Crippen LogP contribution in [0.15, 0.2) is 72.0 Å². The summed E-state index contributed by atoms with van der Waals surface area (Å²) in [7, 11) is 0. The predicted molar refractivity (Wildman–Crippen MR) is 110 cm³/mol. The van der Waals surface area contributed by atoms with Gasteiger partial charge in [-0.3, -0.25) is 14.8 Å². The van der Waals surface area contributed by atoms with E-state index < -0.39 is 0 Å². The normalized spacial score (nSPS) is 10.8. The lowest BCUT2D eigenvalue weighted by atomic mass is 10.1. The Morgan fingerprint density at radius 3 is 2.59 bits per heavy atom. The minimum Gasteiger partial charge on any atom is -0.352 e. The monoisotopic (exact) mass is 377 g/mol. The molecule has 5 heteroatoms. The molecule has 3 aromatic rings. The van der Waals surface area contributed by atoms with E-state index >= 15 is 0 Å². The second kappa shape index (κ2) is 9.33. The second-order valence-corrected chi connectivity index (χ2v) is 8.21. The zero-order valence-corrected chi connectivity index (χ0v) is 16.4. The highest BCUT2D eigenvalue weighted by Crippen LogP contribution is 2.23. The van der Waals surface area contributed by atoms with Crippen molar-refractivity contribution in [2.75, 3.05) is 0 Å². The van der Waals surface area contributed by atoms with E-state index in [1.54, 1.807) is 18.6 Å². The summed E-state index contributed by atoms with van der Waals surface area (Å²) in [5, 5.41) is 3.54. The van der Waals surface area contributed by atoms with Crippen LogP contribution in [-0.2, 0) is 17.8 Å². The third-order valence-corrected chi connectivity index (χ3v) is 4.95. The maximum Gasteiger partial charge on any atom is 0.224 e. The maximum absolute atomic E-state index is 12.3. The highest BCUT2D eigenvalue weighted by atomic mass is 32.2. The minimum absolute atomic E-state index is 0.0130. The van der Waals surface area contributed by atoms with E-state index in [-0.39, 0.29) is 5.91 Å². The molecule has 3 rings (SSSR count). The van der Waals surface area contributed by atoms with E-state index in [2.05, 4.69) is 41.3 Å². The minimum atomic E-state index is 0.0130. The van der Waals surface area contributed by atoms with Gasteiger partial charge in [0.15, 0.2) is 0 Å². The van der Waals surface area contributed by atoms with Gasteiger partial charge < -0.3 is 5.32 Å². The van der Waals surface area contributed by atoms with Gasteiger partial charge in [0.25, 0.3) is 0 Å². The van der Waals surface area contributed by atoms with Crippen LogP contribution < -0.4 is 5.32 Å². The molecule has 2 aromatic heterocycles. The molecule has 0 saturated carbocycles. The van der Waals surface area contributed by atoms with Gasteiger partial charge in [-0.1, -0.05) is 26.0 Å². The number of amides is 1. The molecule has 0 radical (unpaired) electrons. The lowest BCUT2D eigenvalue weighted by Gasteiger charge is -2.08. The first-order valence-electron chi connectivity index (χ1n) is 8.98. The molecular weight excluding hydrogens is 354 g/mol. The maximum atomic E-state index is 12.3. The summed E-state index contributed by atoms with van der Waals surface area (Å²) < 4.78 is 0. The SMILES string of the molecule is CC(C)Sc1ccc(CC(=O)NCc2ccnc(-c3cccnc3)c2)cc1. The molecular formula is C22H23N3OS. The number of carbonyl (C=O) groups is 1. The Kier molecular flexibility index (Phi) is 6.60. The summed E-state index contributed by atoms with van der Waals surface area (Å²) in [6.45, 7) is 4.82. The van der Waals surface area contributed by atoms with E-state index in [9.17, 15) is 4.79 Å². The van der Waals surface area contributed by atoms with E-state index in [4.69, 9.17) is 0 Å². The Morgan fingerprint density at radius 1 is 1.07 bits per heavy atom. The van der Waals surface area contributed by atoms with Crippen LogP contribution in [0.3, 0.4) is 0 Å². The largest absolute Gasteiger partial charge is 0.352 e. The van der Waals surface area contributed by atoms with E-state index in [1.807, 2.05) is 48.2 Å². The quantitative estimate of drug-likeness (QED) is 0.616. The van der Waals surface area contributed by atoms with Gasteiger partial charge in [-0.25, -0.2) is 0 Å². The standard InChI is InChI=1S/C22H23N3OS/c1-16(2)27-20-7-5-17(6-8-20)13-22(26)25-14-18-9-11-24-21(12-18)19-4-3-10-23-15-19/h3-12,15-16H,13-14H2,1-2H3,(H,25,26).